The van der Waals surface area contributed by atoms with Crippen LogP contribution in [-0.4, -0.2) is 31.1 Å². The number of carbonyl (C=O) groups is 1. The van der Waals surface area contributed by atoms with Gasteiger partial charge in [0.25, 0.3) is 0 Å². The van der Waals surface area contributed by atoms with Gasteiger partial charge in [-0.05, 0) is 19.1 Å². The fourth-order valence-corrected chi connectivity index (χ4v) is 2.96. The van der Waals surface area contributed by atoms with Crippen LogP contribution in [-0.2, 0) is 16.1 Å². The molecule has 0 saturated heterocycles. The number of alkyl halides is 2. The standard InChI is InChI=1S/C14H15Cl2N3O3/c1-13(9-14(13,15)16)11(20)22-8-4-7-19-12(21)18-6-3-2-5-10(18)17-19/h2-3,5-6H,4,7-9H2,1H3/t13-/m0/s1. The molecule has 6 nitrogen and oxygen atoms in total. The minimum Gasteiger partial charge on any atom is -0.465 e. The molecular formula is C14H15Cl2N3O3. The highest BCUT2D eigenvalue weighted by atomic mass is 35.5. The van der Waals surface area contributed by atoms with Crippen LogP contribution in [0.2, 0.25) is 0 Å². The number of halogens is 2. The predicted octanol–water partition coefficient (Wildman–Crippen LogP) is 2.01. The highest BCUT2D eigenvalue weighted by Crippen LogP contribution is 2.64. The number of carbonyl (C=O) groups excluding carboxylic acids is 1. The summed E-state index contributed by atoms with van der Waals surface area (Å²) in [7, 11) is 0. The number of aromatic nitrogens is 3. The molecule has 0 aliphatic heterocycles. The van der Waals surface area contributed by atoms with Gasteiger partial charge in [-0.3, -0.25) is 9.20 Å². The molecule has 22 heavy (non-hydrogen) atoms. The van der Waals surface area contributed by atoms with Crippen molar-refractivity contribution < 1.29 is 9.53 Å². The Morgan fingerprint density at radius 1 is 1.45 bits per heavy atom. The molecule has 0 spiro atoms. The first-order valence-electron chi connectivity index (χ1n) is 6.94. The van der Waals surface area contributed by atoms with Gasteiger partial charge in [-0.1, -0.05) is 6.07 Å². The molecule has 3 rings (SSSR count). The Kier molecular flexibility index (Phi) is 3.69. The quantitative estimate of drug-likeness (QED) is 0.473. The van der Waals surface area contributed by atoms with Gasteiger partial charge in [0.1, 0.15) is 9.75 Å². The summed E-state index contributed by atoms with van der Waals surface area (Å²) < 4.78 is 6.98. The molecule has 8 heteroatoms. The first-order valence-corrected chi connectivity index (χ1v) is 7.70. The van der Waals surface area contributed by atoms with Gasteiger partial charge >= 0.3 is 11.7 Å². The zero-order chi connectivity index (χ0) is 16.0. The van der Waals surface area contributed by atoms with E-state index in [1.165, 1.54) is 9.08 Å². The molecule has 1 atom stereocenters. The second-order valence-electron chi connectivity index (χ2n) is 5.64. The average molecular weight is 344 g/mol. The number of rotatable bonds is 5. The van der Waals surface area contributed by atoms with Crippen molar-refractivity contribution in [1.82, 2.24) is 14.2 Å². The lowest BCUT2D eigenvalue weighted by molar-refractivity contribution is -0.149. The van der Waals surface area contributed by atoms with Gasteiger partial charge in [-0.2, -0.15) is 0 Å². The molecular weight excluding hydrogens is 329 g/mol. The van der Waals surface area contributed by atoms with Crippen LogP contribution in [0.25, 0.3) is 5.65 Å². The van der Waals surface area contributed by atoms with Crippen LogP contribution in [0.1, 0.15) is 19.8 Å². The van der Waals surface area contributed by atoms with E-state index >= 15 is 0 Å². The Balaban J connectivity index is 1.54. The van der Waals surface area contributed by atoms with E-state index in [2.05, 4.69) is 5.10 Å². The van der Waals surface area contributed by atoms with E-state index in [-0.39, 0.29) is 12.3 Å². The van der Waals surface area contributed by atoms with Crippen molar-refractivity contribution in [3.63, 3.8) is 0 Å². The summed E-state index contributed by atoms with van der Waals surface area (Å²) in [6, 6.07) is 5.34. The summed E-state index contributed by atoms with van der Waals surface area (Å²) in [6.07, 6.45) is 2.55. The second-order valence-corrected chi connectivity index (χ2v) is 7.12. The Morgan fingerprint density at radius 2 is 2.18 bits per heavy atom. The smallest absolute Gasteiger partial charge is 0.350 e. The highest BCUT2D eigenvalue weighted by Gasteiger charge is 2.69. The zero-order valence-corrected chi connectivity index (χ0v) is 13.5. The van der Waals surface area contributed by atoms with Crippen LogP contribution in [0.4, 0.5) is 0 Å². The number of pyridine rings is 1. The SMILES string of the molecule is C[C@@]1(C(=O)OCCCn2nc3ccccn3c2=O)CC1(Cl)Cl. The fraction of sp³-hybridized carbons (Fsp3) is 0.500. The molecule has 1 saturated carbocycles. The summed E-state index contributed by atoms with van der Waals surface area (Å²) in [6.45, 7) is 2.25. The van der Waals surface area contributed by atoms with Crippen molar-refractivity contribution in [1.29, 1.82) is 0 Å². The Hall–Kier alpha value is -1.53. The lowest BCUT2D eigenvalue weighted by atomic mass is 10.1. The van der Waals surface area contributed by atoms with E-state index in [1.807, 2.05) is 6.07 Å². The topological polar surface area (TPSA) is 65.6 Å². The minimum atomic E-state index is -1.03. The molecule has 1 aliphatic carbocycles. The molecule has 0 aromatic carbocycles. The van der Waals surface area contributed by atoms with Gasteiger partial charge in [0.2, 0.25) is 0 Å². The predicted molar refractivity (Wildman–Crippen MR) is 82.2 cm³/mol. The Labute approximate surface area is 136 Å². The molecule has 2 aromatic rings. The molecule has 0 N–H and O–H groups in total. The largest absolute Gasteiger partial charge is 0.465 e. The third-order valence-corrected chi connectivity index (χ3v) is 5.05. The van der Waals surface area contributed by atoms with Gasteiger partial charge in [0, 0.05) is 25.6 Å². The molecule has 2 heterocycles. The van der Waals surface area contributed by atoms with Crippen LogP contribution in [0.5, 0.6) is 0 Å². The Bertz CT molecular complexity index is 783. The van der Waals surface area contributed by atoms with E-state index in [0.717, 1.165) is 0 Å². The van der Waals surface area contributed by atoms with Gasteiger partial charge in [0.15, 0.2) is 5.65 Å². The van der Waals surface area contributed by atoms with Gasteiger partial charge < -0.3 is 4.74 Å². The van der Waals surface area contributed by atoms with Crippen molar-refractivity contribution >= 4 is 34.8 Å². The number of hydrogen-bond donors (Lipinski definition) is 0. The average Bonchev–Trinajstić information content (AvgIpc) is 2.85. The van der Waals surface area contributed by atoms with Crippen molar-refractivity contribution in [3.8, 4) is 0 Å². The number of ether oxygens (including phenoxy) is 1. The summed E-state index contributed by atoms with van der Waals surface area (Å²) in [4.78, 5) is 23.9. The van der Waals surface area contributed by atoms with Crippen LogP contribution in [0.15, 0.2) is 29.2 Å². The van der Waals surface area contributed by atoms with E-state index in [4.69, 9.17) is 27.9 Å². The van der Waals surface area contributed by atoms with Crippen molar-refractivity contribution in [2.75, 3.05) is 6.61 Å². The van der Waals surface area contributed by atoms with Crippen LogP contribution >= 0.6 is 23.2 Å². The summed E-state index contributed by atoms with van der Waals surface area (Å²) in [5.41, 5.74) is -0.448. The number of nitrogens with zero attached hydrogens (tertiary/aromatic N) is 3. The maximum Gasteiger partial charge on any atom is 0.350 e. The van der Waals surface area contributed by atoms with Gasteiger partial charge in [-0.25, -0.2) is 9.48 Å². The first kappa shape index (κ1) is 15.4. The molecule has 0 unspecified atom stereocenters. The normalized spacial score (nSPS) is 22.7. The third-order valence-electron chi connectivity index (χ3n) is 3.94. The summed E-state index contributed by atoms with van der Waals surface area (Å²) in [5, 5.41) is 4.20. The monoisotopic (exact) mass is 343 g/mol. The van der Waals surface area contributed by atoms with E-state index in [1.54, 1.807) is 25.3 Å². The van der Waals surface area contributed by atoms with E-state index in [0.29, 0.717) is 25.0 Å². The van der Waals surface area contributed by atoms with Crippen LogP contribution < -0.4 is 5.69 Å². The van der Waals surface area contributed by atoms with Crippen molar-refractivity contribution in [2.45, 2.75) is 30.6 Å². The molecule has 0 amide bonds. The highest BCUT2D eigenvalue weighted by molar-refractivity contribution is 6.53. The summed E-state index contributed by atoms with van der Waals surface area (Å²) in [5.74, 6) is -0.403. The number of hydrogen-bond acceptors (Lipinski definition) is 4. The van der Waals surface area contributed by atoms with Crippen LogP contribution in [0, 0.1) is 5.41 Å². The molecule has 2 aromatic heterocycles. The van der Waals surface area contributed by atoms with Gasteiger partial charge in [-0.15, -0.1) is 28.3 Å². The first-order chi connectivity index (χ1) is 10.3. The number of aryl methyl sites for hydroxylation is 1. The lowest BCUT2D eigenvalue weighted by Gasteiger charge is -2.11. The summed E-state index contributed by atoms with van der Waals surface area (Å²) >= 11 is 11.8. The lowest BCUT2D eigenvalue weighted by Crippen LogP contribution is -2.24. The van der Waals surface area contributed by atoms with Crippen molar-refractivity contribution in [2.24, 2.45) is 5.41 Å². The zero-order valence-electron chi connectivity index (χ0n) is 12.0. The number of fused-ring (bicyclic) bond motifs is 1. The molecule has 1 fully saturated rings. The second kappa shape index (κ2) is 5.28. The molecule has 0 bridgehead atoms. The maximum atomic E-state index is 12.0. The fourth-order valence-electron chi connectivity index (χ4n) is 2.27. The Morgan fingerprint density at radius 3 is 2.82 bits per heavy atom. The van der Waals surface area contributed by atoms with Gasteiger partial charge in [0.05, 0.1) is 6.61 Å². The molecule has 1 aliphatic rings. The number of esters is 1. The third kappa shape index (κ3) is 2.50. The van der Waals surface area contributed by atoms with E-state index in [9.17, 15) is 9.59 Å². The molecule has 0 radical (unpaired) electrons. The van der Waals surface area contributed by atoms with E-state index < -0.39 is 15.7 Å². The van der Waals surface area contributed by atoms with Crippen LogP contribution in [0.3, 0.4) is 0 Å². The minimum absolute atomic E-state index is 0.193. The van der Waals surface area contributed by atoms with Crippen molar-refractivity contribution in [3.05, 3.63) is 34.9 Å². The molecule has 118 valence electrons. The maximum absolute atomic E-state index is 12.0.